The van der Waals surface area contributed by atoms with Gasteiger partial charge in [-0.2, -0.15) is 0 Å². The second-order valence-corrected chi connectivity index (χ2v) is 19.1. The Morgan fingerprint density at radius 2 is 0.776 bits per heavy atom. The quantitative estimate of drug-likeness (QED) is 0.177. The summed E-state index contributed by atoms with van der Waals surface area (Å²) in [4.78, 5) is 2.47. The maximum absolute atomic E-state index is 6.76. The van der Waals surface area contributed by atoms with Crippen molar-refractivity contribution in [2.45, 2.75) is 24.7 Å². The molecule has 3 nitrogen and oxygen atoms in total. The predicted molar refractivity (Wildman–Crippen MR) is 275 cm³/mol. The van der Waals surface area contributed by atoms with Gasteiger partial charge in [0.1, 0.15) is 22.3 Å². The van der Waals surface area contributed by atoms with E-state index >= 15 is 0 Å². The Morgan fingerprint density at radius 3 is 1.45 bits per heavy atom. The first-order chi connectivity index (χ1) is 33.0. The standard InChI is InChI=1S/C64H41NO2/c1-63(2)52-22-10-6-17-43(52)47-30-27-40(34-56(47)63)65(41-28-31-48-46-20-9-13-25-55(46)64(57(48)35-41)53-23-11-7-18-44(53)45-19-8-12-24-54(45)64)39-29-32-58-49(33-39)50-36-61-51(37-60(50)66-58)62-42(21-14-26-59(62)67-61)38-15-4-3-5-16-38/h3-37H,1-2H3. The van der Waals surface area contributed by atoms with Crippen molar-refractivity contribution in [1.82, 2.24) is 0 Å². The van der Waals surface area contributed by atoms with Crippen molar-refractivity contribution in [1.29, 1.82) is 0 Å². The van der Waals surface area contributed by atoms with Crippen LogP contribution in [-0.2, 0) is 10.8 Å². The van der Waals surface area contributed by atoms with Crippen molar-refractivity contribution in [2.24, 2.45) is 0 Å². The summed E-state index contributed by atoms with van der Waals surface area (Å²) in [5, 5.41) is 4.22. The monoisotopic (exact) mass is 855 g/mol. The molecule has 0 amide bonds. The third-order valence-corrected chi connectivity index (χ3v) is 15.5. The normalized spacial score (nSPS) is 14.4. The molecule has 3 aliphatic carbocycles. The van der Waals surface area contributed by atoms with E-state index in [-0.39, 0.29) is 5.41 Å². The second-order valence-electron chi connectivity index (χ2n) is 19.1. The molecule has 0 saturated carbocycles. The Hall–Kier alpha value is -8.40. The van der Waals surface area contributed by atoms with Gasteiger partial charge in [0.2, 0.25) is 0 Å². The van der Waals surface area contributed by atoms with Crippen molar-refractivity contribution in [2.75, 3.05) is 4.90 Å². The highest BCUT2D eigenvalue weighted by Gasteiger charge is 2.51. The Morgan fingerprint density at radius 1 is 0.313 bits per heavy atom. The summed E-state index contributed by atoms with van der Waals surface area (Å²) in [7, 11) is 0. The number of hydrogen-bond acceptors (Lipinski definition) is 3. The van der Waals surface area contributed by atoms with Crippen LogP contribution in [-0.4, -0.2) is 0 Å². The molecule has 0 saturated heterocycles. The third kappa shape index (κ3) is 4.80. The van der Waals surface area contributed by atoms with Crippen molar-refractivity contribution < 1.29 is 8.83 Å². The van der Waals surface area contributed by atoms with Gasteiger partial charge in [0, 0.05) is 44.0 Å². The largest absolute Gasteiger partial charge is 0.456 e. The molecule has 0 N–H and O–H groups in total. The number of rotatable bonds is 4. The van der Waals surface area contributed by atoms with E-state index < -0.39 is 5.41 Å². The summed E-state index contributed by atoms with van der Waals surface area (Å²) in [5.74, 6) is 0. The number of nitrogens with zero attached hydrogens (tertiary/aromatic N) is 1. The minimum Gasteiger partial charge on any atom is -0.456 e. The van der Waals surface area contributed by atoms with Crippen LogP contribution < -0.4 is 4.90 Å². The summed E-state index contributed by atoms with van der Waals surface area (Å²) in [6, 6.07) is 78.2. The molecule has 0 aliphatic heterocycles. The molecule has 2 heterocycles. The molecule has 3 aliphatic rings. The zero-order chi connectivity index (χ0) is 44.2. The van der Waals surface area contributed by atoms with Gasteiger partial charge in [-0.05, 0) is 139 Å². The lowest BCUT2D eigenvalue weighted by atomic mass is 9.70. The highest BCUT2D eigenvalue weighted by molar-refractivity contribution is 6.18. The highest BCUT2D eigenvalue weighted by Crippen LogP contribution is 2.63. The fourth-order valence-electron chi connectivity index (χ4n) is 12.6. The Labute approximate surface area is 387 Å². The molecule has 2 aromatic heterocycles. The van der Waals surface area contributed by atoms with Crippen LogP contribution in [0.3, 0.4) is 0 Å². The van der Waals surface area contributed by atoms with Crippen LogP contribution >= 0.6 is 0 Å². The Bertz CT molecular complexity index is 4030. The zero-order valence-corrected chi connectivity index (χ0v) is 37.0. The minimum atomic E-state index is -0.467. The highest BCUT2D eigenvalue weighted by atomic mass is 16.3. The van der Waals surface area contributed by atoms with E-state index in [1.165, 1.54) is 66.8 Å². The van der Waals surface area contributed by atoms with E-state index in [4.69, 9.17) is 8.83 Å². The molecule has 67 heavy (non-hydrogen) atoms. The van der Waals surface area contributed by atoms with E-state index in [1.54, 1.807) is 0 Å². The SMILES string of the molecule is CC1(C)c2ccccc2-c2ccc(N(c3ccc4c(c3)C3(c5ccccc5-c5ccccc53)c3ccccc3-4)c3ccc4oc5cc6c(cc5c4c3)oc3cccc(-c4ccccc4)c36)cc21. The fraction of sp³-hybridized carbons (Fsp3) is 0.0625. The van der Waals surface area contributed by atoms with Crippen LogP contribution in [0.15, 0.2) is 221 Å². The van der Waals surface area contributed by atoms with Gasteiger partial charge in [-0.15, -0.1) is 0 Å². The van der Waals surface area contributed by atoms with Crippen LogP contribution in [0.4, 0.5) is 17.1 Å². The smallest absolute Gasteiger partial charge is 0.136 e. The predicted octanol–water partition coefficient (Wildman–Crippen LogP) is 17.3. The molecule has 12 aromatic rings. The van der Waals surface area contributed by atoms with Crippen LogP contribution in [0.5, 0.6) is 0 Å². The van der Waals surface area contributed by atoms with Gasteiger partial charge < -0.3 is 13.7 Å². The van der Waals surface area contributed by atoms with Crippen LogP contribution in [0, 0.1) is 0 Å². The number of hydrogen-bond donors (Lipinski definition) is 0. The molecule has 0 radical (unpaired) electrons. The number of anilines is 3. The van der Waals surface area contributed by atoms with Gasteiger partial charge in [-0.1, -0.05) is 166 Å². The van der Waals surface area contributed by atoms with Gasteiger partial charge >= 0.3 is 0 Å². The van der Waals surface area contributed by atoms with Crippen molar-refractivity contribution >= 4 is 60.9 Å². The second kappa shape index (κ2) is 13.1. The maximum Gasteiger partial charge on any atom is 0.136 e. The van der Waals surface area contributed by atoms with E-state index in [0.717, 1.165) is 72.1 Å². The number of fused-ring (bicyclic) bond motifs is 19. The van der Waals surface area contributed by atoms with E-state index in [2.05, 4.69) is 231 Å². The molecule has 0 bridgehead atoms. The van der Waals surface area contributed by atoms with Gasteiger partial charge in [-0.25, -0.2) is 0 Å². The van der Waals surface area contributed by atoms with Crippen LogP contribution in [0.25, 0.3) is 88.4 Å². The zero-order valence-electron chi connectivity index (χ0n) is 37.0. The molecule has 15 rings (SSSR count). The summed E-state index contributed by atoms with van der Waals surface area (Å²) < 4.78 is 13.4. The van der Waals surface area contributed by atoms with Gasteiger partial charge in [0.25, 0.3) is 0 Å². The van der Waals surface area contributed by atoms with Crippen LogP contribution in [0.2, 0.25) is 0 Å². The van der Waals surface area contributed by atoms with E-state index in [0.29, 0.717) is 0 Å². The molecule has 3 heteroatoms. The average Bonchev–Trinajstić information content (AvgIpc) is 4.14. The lowest BCUT2D eigenvalue weighted by Gasteiger charge is -2.32. The fourth-order valence-corrected chi connectivity index (χ4v) is 12.6. The van der Waals surface area contributed by atoms with Crippen LogP contribution in [0.1, 0.15) is 47.2 Å². The summed E-state index contributed by atoms with van der Waals surface area (Å²) in [6.07, 6.45) is 0. The summed E-state index contributed by atoms with van der Waals surface area (Å²) in [6.45, 7) is 4.73. The first-order valence-corrected chi connectivity index (χ1v) is 23.3. The number of furan rings is 2. The molecule has 0 atom stereocenters. The summed E-state index contributed by atoms with van der Waals surface area (Å²) >= 11 is 0. The maximum atomic E-state index is 6.76. The average molecular weight is 856 g/mol. The summed E-state index contributed by atoms with van der Waals surface area (Å²) in [5.41, 5.74) is 24.1. The van der Waals surface area contributed by atoms with E-state index in [1.807, 2.05) is 0 Å². The first kappa shape index (κ1) is 36.9. The molecule has 0 fully saturated rings. The molecular formula is C64H41NO2. The van der Waals surface area contributed by atoms with Gasteiger partial charge in [0.15, 0.2) is 0 Å². The molecule has 10 aromatic carbocycles. The Balaban J connectivity index is 0.968. The minimum absolute atomic E-state index is 0.169. The molecule has 314 valence electrons. The first-order valence-electron chi connectivity index (χ1n) is 23.3. The lowest BCUT2D eigenvalue weighted by molar-refractivity contribution is 0.660. The lowest BCUT2D eigenvalue weighted by Crippen LogP contribution is -2.26. The molecule has 1 spiro atoms. The third-order valence-electron chi connectivity index (χ3n) is 15.5. The van der Waals surface area contributed by atoms with E-state index in [9.17, 15) is 0 Å². The molecule has 0 unspecified atom stereocenters. The van der Waals surface area contributed by atoms with Gasteiger partial charge in [0.05, 0.1) is 5.41 Å². The molecular weight excluding hydrogens is 815 g/mol. The van der Waals surface area contributed by atoms with Gasteiger partial charge in [-0.3, -0.25) is 0 Å². The van der Waals surface area contributed by atoms with Crippen molar-refractivity contribution in [3.8, 4) is 44.5 Å². The van der Waals surface area contributed by atoms with Crippen molar-refractivity contribution in [3.63, 3.8) is 0 Å². The van der Waals surface area contributed by atoms with Crippen molar-refractivity contribution in [3.05, 3.63) is 246 Å². The topological polar surface area (TPSA) is 29.5 Å². The Kier molecular flexibility index (Phi) is 7.22. The number of benzene rings is 10.